The SMILES string of the molecule is CNC(=O)C(C)CN(C)Cc1ccc(Br)cc1F. The molecule has 1 aromatic carbocycles. The van der Waals surface area contributed by atoms with Crippen LogP contribution >= 0.6 is 15.9 Å². The van der Waals surface area contributed by atoms with Crippen LogP contribution in [0.1, 0.15) is 12.5 Å². The molecule has 5 heteroatoms. The summed E-state index contributed by atoms with van der Waals surface area (Å²) < 4.78 is 14.4. The molecule has 0 bridgehead atoms. The third kappa shape index (κ3) is 4.38. The van der Waals surface area contributed by atoms with E-state index in [-0.39, 0.29) is 17.6 Å². The maximum absolute atomic E-state index is 13.6. The number of benzene rings is 1. The summed E-state index contributed by atoms with van der Waals surface area (Å²) in [6.45, 7) is 2.93. The fourth-order valence-electron chi connectivity index (χ4n) is 1.80. The zero-order chi connectivity index (χ0) is 13.7. The van der Waals surface area contributed by atoms with Crippen LogP contribution in [-0.4, -0.2) is 31.4 Å². The molecule has 0 aliphatic heterocycles. The molecule has 0 fully saturated rings. The molecule has 1 unspecified atom stereocenters. The summed E-state index contributed by atoms with van der Waals surface area (Å²) in [6, 6.07) is 5.01. The monoisotopic (exact) mass is 316 g/mol. The summed E-state index contributed by atoms with van der Waals surface area (Å²) in [5.74, 6) is -0.347. The highest BCUT2D eigenvalue weighted by Gasteiger charge is 2.14. The Balaban J connectivity index is 2.59. The van der Waals surface area contributed by atoms with Crippen LogP contribution in [0, 0.1) is 11.7 Å². The van der Waals surface area contributed by atoms with Gasteiger partial charge in [0.2, 0.25) is 5.91 Å². The Hall–Kier alpha value is -0.940. The third-order valence-corrected chi connectivity index (χ3v) is 3.23. The predicted molar refractivity (Wildman–Crippen MR) is 73.7 cm³/mol. The molecule has 0 radical (unpaired) electrons. The number of carbonyl (C=O) groups excluding carboxylic acids is 1. The molecule has 1 amide bonds. The number of halogens is 2. The van der Waals surface area contributed by atoms with E-state index in [0.717, 1.165) is 4.47 Å². The summed E-state index contributed by atoms with van der Waals surface area (Å²) in [5, 5.41) is 2.61. The molecule has 3 nitrogen and oxygen atoms in total. The van der Waals surface area contributed by atoms with Gasteiger partial charge in [0, 0.05) is 36.1 Å². The van der Waals surface area contributed by atoms with Gasteiger partial charge in [0.05, 0.1) is 0 Å². The molecule has 1 aromatic rings. The minimum absolute atomic E-state index is 0.00173. The predicted octanol–water partition coefficient (Wildman–Crippen LogP) is 2.40. The van der Waals surface area contributed by atoms with Crippen molar-refractivity contribution in [2.24, 2.45) is 5.92 Å². The summed E-state index contributed by atoms with van der Waals surface area (Å²) in [7, 11) is 3.49. The number of rotatable bonds is 5. The topological polar surface area (TPSA) is 32.3 Å². The molecule has 0 aliphatic rings. The van der Waals surface area contributed by atoms with Gasteiger partial charge in [-0.25, -0.2) is 4.39 Å². The molecular weight excluding hydrogens is 299 g/mol. The molecule has 1 atom stereocenters. The zero-order valence-corrected chi connectivity index (χ0v) is 12.4. The number of nitrogens with one attached hydrogen (secondary N) is 1. The Kier molecular flexibility index (Phi) is 5.75. The third-order valence-electron chi connectivity index (χ3n) is 2.73. The van der Waals surface area contributed by atoms with Crippen molar-refractivity contribution in [2.75, 3.05) is 20.6 Å². The van der Waals surface area contributed by atoms with Gasteiger partial charge >= 0.3 is 0 Å². The van der Waals surface area contributed by atoms with E-state index in [4.69, 9.17) is 0 Å². The van der Waals surface area contributed by atoms with E-state index < -0.39 is 0 Å². The quantitative estimate of drug-likeness (QED) is 0.904. The van der Waals surface area contributed by atoms with Crippen LogP contribution in [0.25, 0.3) is 0 Å². The lowest BCUT2D eigenvalue weighted by Crippen LogP contribution is -2.34. The van der Waals surface area contributed by atoms with Gasteiger partial charge < -0.3 is 10.2 Å². The van der Waals surface area contributed by atoms with E-state index in [9.17, 15) is 9.18 Å². The van der Waals surface area contributed by atoms with Crippen LogP contribution in [0.5, 0.6) is 0 Å². The normalized spacial score (nSPS) is 12.6. The lowest BCUT2D eigenvalue weighted by atomic mass is 10.1. The molecule has 1 rings (SSSR count). The minimum Gasteiger partial charge on any atom is -0.359 e. The van der Waals surface area contributed by atoms with E-state index in [1.54, 1.807) is 13.1 Å². The number of carbonyl (C=O) groups is 1. The van der Waals surface area contributed by atoms with Gasteiger partial charge in [-0.05, 0) is 19.2 Å². The molecule has 0 saturated carbocycles. The van der Waals surface area contributed by atoms with Crippen molar-refractivity contribution in [3.63, 3.8) is 0 Å². The number of amides is 1. The zero-order valence-electron chi connectivity index (χ0n) is 10.8. The van der Waals surface area contributed by atoms with Crippen LogP contribution in [-0.2, 0) is 11.3 Å². The molecule has 100 valence electrons. The Morgan fingerprint density at radius 3 is 2.78 bits per heavy atom. The van der Waals surface area contributed by atoms with Crippen molar-refractivity contribution in [3.8, 4) is 0 Å². The second-order valence-electron chi connectivity index (χ2n) is 4.45. The van der Waals surface area contributed by atoms with Crippen molar-refractivity contribution >= 4 is 21.8 Å². The van der Waals surface area contributed by atoms with E-state index in [1.165, 1.54) is 6.07 Å². The van der Waals surface area contributed by atoms with Gasteiger partial charge in [-0.15, -0.1) is 0 Å². The van der Waals surface area contributed by atoms with Crippen LogP contribution < -0.4 is 5.32 Å². The molecule has 0 aromatic heterocycles. The Labute approximate surface area is 115 Å². The molecule has 1 N–H and O–H groups in total. The van der Waals surface area contributed by atoms with Crippen molar-refractivity contribution in [1.82, 2.24) is 10.2 Å². The summed E-state index contributed by atoms with van der Waals surface area (Å²) in [4.78, 5) is 13.3. The molecule has 0 spiro atoms. The van der Waals surface area contributed by atoms with Gasteiger partial charge in [0.15, 0.2) is 0 Å². The maximum atomic E-state index is 13.6. The lowest BCUT2D eigenvalue weighted by molar-refractivity contribution is -0.124. The minimum atomic E-state index is -0.233. The summed E-state index contributed by atoms with van der Waals surface area (Å²) in [5.41, 5.74) is 0.629. The number of nitrogens with zero attached hydrogens (tertiary/aromatic N) is 1. The fourth-order valence-corrected chi connectivity index (χ4v) is 2.14. The standard InChI is InChI=1S/C13H18BrFN2O/c1-9(13(18)16-2)7-17(3)8-10-4-5-11(14)6-12(10)15/h4-6,9H,7-8H2,1-3H3,(H,16,18). The van der Waals surface area contributed by atoms with Crippen molar-refractivity contribution < 1.29 is 9.18 Å². The maximum Gasteiger partial charge on any atom is 0.223 e. The first-order chi connectivity index (χ1) is 8.43. The van der Waals surface area contributed by atoms with Gasteiger partial charge in [0.25, 0.3) is 0 Å². The van der Waals surface area contributed by atoms with Crippen molar-refractivity contribution in [3.05, 3.63) is 34.1 Å². The van der Waals surface area contributed by atoms with Gasteiger partial charge in [-0.2, -0.15) is 0 Å². The van der Waals surface area contributed by atoms with Gasteiger partial charge in [-0.1, -0.05) is 28.9 Å². The second-order valence-corrected chi connectivity index (χ2v) is 5.36. The Morgan fingerprint density at radius 1 is 1.56 bits per heavy atom. The highest BCUT2D eigenvalue weighted by molar-refractivity contribution is 9.10. The van der Waals surface area contributed by atoms with E-state index in [1.807, 2.05) is 24.9 Å². The smallest absolute Gasteiger partial charge is 0.223 e. The van der Waals surface area contributed by atoms with E-state index >= 15 is 0 Å². The second kappa shape index (κ2) is 6.85. The molecule has 18 heavy (non-hydrogen) atoms. The Morgan fingerprint density at radius 2 is 2.22 bits per heavy atom. The highest BCUT2D eigenvalue weighted by Crippen LogP contribution is 2.16. The average Bonchev–Trinajstić information content (AvgIpc) is 2.31. The summed E-state index contributed by atoms with van der Waals surface area (Å²) in [6.07, 6.45) is 0. The van der Waals surface area contributed by atoms with Gasteiger partial charge in [-0.3, -0.25) is 4.79 Å². The van der Waals surface area contributed by atoms with E-state index in [0.29, 0.717) is 18.7 Å². The number of hydrogen-bond donors (Lipinski definition) is 1. The molecule has 0 heterocycles. The first-order valence-corrected chi connectivity index (χ1v) is 6.57. The largest absolute Gasteiger partial charge is 0.359 e. The van der Waals surface area contributed by atoms with E-state index in [2.05, 4.69) is 21.2 Å². The van der Waals surface area contributed by atoms with Crippen molar-refractivity contribution in [2.45, 2.75) is 13.5 Å². The van der Waals surface area contributed by atoms with Crippen LogP contribution in [0.2, 0.25) is 0 Å². The lowest BCUT2D eigenvalue weighted by Gasteiger charge is -2.20. The first kappa shape index (κ1) is 15.1. The highest BCUT2D eigenvalue weighted by atomic mass is 79.9. The average molecular weight is 317 g/mol. The van der Waals surface area contributed by atoms with Crippen LogP contribution in [0.3, 0.4) is 0 Å². The first-order valence-electron chi connectivity index (χ1n) is 5.78. The molecule has 0 aliphatic carbocycles. The van der Waals surface area contributed by atoms with Crippen LogP contribution in [0.4, 0.5) is 4.39 Å². The Bertz CT molecular complexity index is 425. The van der Waals surface area contributed by atoms with Crippen molar-refractivity contribution in [1.29, 1.82) is 0 Å². The summed E-state index contributed by atoms with van der Waals surface area (Å²) >= 11 is 3.22. The number of hydrogen-bond acceptors (Lipinski definition) is 2. The fraction of sp³-hybridized carbons (Fsp3) is 0.462. The van der Waals surface area contributed by atoms with Gasteiger partial charge in [0.1, 0.15) is 5.82 Å². The van der Waals surface area contributed by atoms with Crippen LogP contribution in [0.15, 0.2) is 22.7 Å². The molecular formula is C13H18BrFN2O. The molecule has 0 saturated heterocycles.